The highest BCUT2D eigenvalue weighted by Gasteiger charge is 2.44. The Bertz CT molecular complexity index is 1000. The lowest BCUT2D eigenvalue weighted by Crippen LogP contribution is -2.53. The zero-order valence-electron chi connectivity index (χ0n) is 16.3. The monoisotopic (exact) mass is 379 g/mol. The minimum atomic E-state index is -1.18. The predicted octanol–water partition coefficient (Wildman–Crippen LogP) is 3.38. The van der Waals surface area contributed by atoms with Crippen molar-refractivity contribution < 1.29 is 14.6 Å². The number of fused-ring (bicyclic) bond motifs is 1. The maximum absolute atomic E-state index is 12.1. The molecule has 0 saturated carbocycles. The molecule has 1 N–H and O–H groups in total. The first-order valence-electron chi connectivity index (χ1n) is 9.58. The third-order valence-electron chi connectivity index (χ3n) is 5.82. The van der Waals surface area contributed by atoms with Crippen LogP contribution >= 0.6 is 0 Å². The molecule has 0 radical (unpaired) electrons. The first-order chi connectivity index (χ1) is 13.5. The first kappa shape index (κ1) is 18.5. The van der Waals surface area contributed by atoms with Crippen molar-refractivity contribution in [2.45, 2.75) is 31.9 Å². The van der Waals surface area contributed by atoms with E-state index in [4.69, 9.17) is 4.74 Å². The summed E-state index contributed by atoms with van der Waals surface area (Å²) in [4.78, 5) is 14.4. The van der Waals surface area contributed by atoms with Gasteiger partial charge < -0.3 is 9.84 Å². The highest BCUT2D eigenvalue weighted by atomic mass is 16.5. The molecule has 1 saturated heterocycles. The zero-order chi connectivity index (χ0) is 19.7. The molecule has 4 rings (SSSR count). The van der Waals surface area contributed by atoms with Crippen LogP contribution in [0.1, 0.15) is 24.1 Å². The molecule has 0 unspecified atom stereocenters. The number of hydrogen-bond acceptors (Lipinski definition) is 4. The highest BCUT2D eigenvalue weighted by Crippen LogP contribution is 2.31. The molecule has 1 fully saturated rings. The number of aliphatic carboxylic acids is 1. The smallest absolute Gasteiger partial charge is 0.348 e. The lowest BCUT2D eigenvalue weighted by molar-refractivity contribution is -0.159. The Balaban J connectivity index is 1.48. The van der Waals surface area contributed by atoms with Crippen LogP contribution in [0.5, 0.6) is 5.75 Å². The molecule has 6 heteroatoms. The van der Waals surface area contributed by atoms with E-state index in [-0.39, 0.29) is 0 Å². The van der Waals surface area contributed by atoms with Gasteiger partial charge in [0, 0.05) is 50.8 Å². The van der Waals surface area contributed by atoms with Crippen LogP contribution < -0.4 is 4.74 Å². The van der Waals surface area contributed by atoms with Crippen molar-refractivity contribution >= 4 is 16.7 Å². The Hall–Kier alpha value is -2.86. The number of carbonyl (C=O) groups is 1. The number of rotatable bonds is 5. The van der Waals surface area contributed by atoms with Gasteiger partial charge in [0.25, 0.3) is 0 Å². The summed E-state index contributed by atoms with van der Waals surface area (Å²) < 4.78 is 7.96. The summed E-state index contributed by atoms with van der Waals surface area (Å²) in [7, 11) is 1.93. The quantitative estimate of drug-likeness (QED) is 0.736. The molecule has 28 heavy (non-hydrogen) atoms. The molecule has 0 bridgehead atoms. The van der Waals surface area contributed by atoms with E-state index in [0.29, 0.717) is 31.7 Å². The van der Waals surface area contributed by atoms with Crippen LogP contribution in [0, 0.1) is 6.92 Å². The molecule has 0 atom stereocenters. The molecule has 146 valence electrons. The molecule has 1 aliphatic rings. The van der Waals surface area contributed by atoms with E-state index in [9.17, 15) is 9.90 Å². The number of carboxylic acid groups (broad SMARTS) is 1. The van der Waals surface area contributed by atoms with Gasteiger partial charge in [-0.25, -0.2) is 4.79 Å². The van der Waals surface area contributed by atoms with E-state index >= 15 is 0 Å². The van der Waals surface area contributed by atoms with Crippen molar-refractivity contribution in [2.75, 3.05) is 13.1 Å². The first-order valence-corrected chi connectivity index (χ1v) is 9.58. The number of carboxylic acids is 1. The van der Waals surface area contributed by atoms with Gasteiger partial charge >= 0.3 is 5.97 Å². The van der Waals surface area contributed by atoms with Gasteiger partial charge in [0.15, 0.2) is 0 Å². The largest absolute Gasteiger partial charge is 0.478 e. The van der Waals surface area contributed by atoms with E-state index in [1.807, 2.05) is 60.4 Å². The van der Waals surface area contributed by atoms with Crippen LogP contribution in [0.4, 0.5) is 0 Å². The van der Waals surface area contributed by atoms with Gasteiger partial charge in [0.05, 0.1) is 6.20 Å². The number of hydrogen-bond donors (Lipinski definition) is 1. The molecule has 0 aliphatic carbocycles. The summed E-state index contributed by atoms with van der Waals surface area (Å²) in [5.41, 5.74) is 1.14. The van der Waals surface area contributed by atoms with Crippen molar-refractivity contribution in [3.8, 4) is 5.75 Å². The normalized spacial score (nSPS) is 16.9. The van der Waals surface area contributed by atoms with Gasteiger partial charge in [-0.2, -0.15) is 5.10 Å². The molecule has 1 aromatic heterocycles. The lowest BCUT2D eigenvalue weighted by Gasteiger charge is -2.38. The molecular weight excluding hydrogens is 354 g/mol. The van der Waals surface area contributed by atoms with E-state index < -0.39 is 11.6 Å². The lowest BCUT2D eigenvalue weighted by atomic mass is 9.90. The number of piperidine rings is 1. The Labute approximate surface area is 164 Å². The van der Waals surface area contributed by atoms with Crippen LogP contribution in [0.2, 0.25) is 0 Å². The highest BCUT2D eigenvalue weighted by molar-refractivity contribution is 5.84. The fourth-order valence-electron chi connectivity index (χ4n) is 3.83. The molecule has 2 aromatic carbocycles. The zero-order valence-corrected chi connectivity index (χ0v) is 16.3. The van der Waals surface area contributed by atoms with Gasteiger partial charge in [0.2, 0.25) is 5.60 Å². The second-order valence-electron chi connectivity index (χ2n) is 7.57. The topological polar surface area (TPSA) is 67.6 Å². The standard InChI is InChI=1S/C22H25N3O3/c1-16-19(14-23-24(16)2)15-25-11-9-22(10-12-25,21(26)27)28-20-8-7-17-5-3-4-6-18(17)13-20/h3-8,13-14H,9-12,15H2,1-2H3,(H,26,27). The molecule has 6 nitrogen and oxygen atoms in total. The Morgan fingerprint density at radius 2 is 1.89 bits per heavy atom. The minimum Gasteiger partial charge on any atom is -0.478 e. The summed E-state index contributed by atoms with van der Waals surface area (Å²) in [6.45, 7) is 4.18. The van der Waals surface area contributed by atoms with Crippen molar-refractivity contribution in [2.24, 2.45) is 7.05 Å². The molecule has 0 spiro atoms. The Kier molecular flexibility index (Phi) is 4.81. The summed E-state index contributed by atoms with van der Waals surface area (Å²) >= 11 is 0. The van der Waals surface area contributed by atoms with Crippen LogP contribution in [-0.4, -0.2) is 44.4 Å². The Morgan fingerprint density at radius 1 is 1.18 bits per heavy atom. The maximum Gasteiger partial charge on any atom is 0.348 e. The van der Waals surface area contributed by atoms with Crippen LogP contribution in [0.3, 0.4) is 0 Å². The van der Waals surface area contributed by atoms with Crippen LogP contribution in [-0.2, 0) is 18.4 Å². The van der Waals surface area contributed by atoms with Gasteiger partial charge in [-0.15, -0.1) is 0 Å². The van der Waals surface area contributed by atoms with Gasteiger partial charge in [-0.05, 0) is 29.8 Å². The van der Waals surface area contributed by atoms with Crippen molar-refractivity contribution in [1.29, 1.82) is 0 Å². The van der Waals surface area contributed by atoms with Gasteiger partial charge in [-0.3, -0.25) is 9.58 Å². The minimum absolute atomic E-state index is 0.453. The molecule has 3 aromatic rings. The van der Waals surface area contributed by atoms with Crippen LogP contribution in [0.25, 0.3) is 10.8 Å². The number of likely N-dealkylation sites (tertiary alicyclic amines) is 1. The van der Waals surface area contributed by atoms with E-state index in [1.54, 1.807) is 0 Å². The summed E-state index contributed by atoms with van der Waals surface area (Å²) in [6.07, 6.45) is 2.79. The molecular formula is C22H25N3O3. The number of aromatic nitrogens is 2. The number of benzene rings is 2. The molecule has 2 heterocycles. The Morgan fingerprint density at radius 3 is 2.54 bits per heavy atom. The SMILES string of the molecule is Cc1c(CN2CCC(Oc3ccc4ccccc4c3)(C(=O)O)CC2)cnn1C. The van der Waals surface area contributed by atoms with Crippen LogP contribution in [0.15, 0.2) is 48.7 Å². The average Bonchev–Trinajstić information content (AvgIpc) is 3.01. The van der Waals surface area contributed by atoms with Gasteiger partial charge in [-0.1, -0.05) is 30.3 Å². The third kappa shape index (κ3) is 3.47. The van der Waals surface area contributed by atoms with Crippen molar-refractivity contribution in [3.05, 3.63) is 59.9 Å². The van der Waals surface area contributed by atoms with E-state index in [1.165, 1.54) is 5.56 Å². The predicted molar refractivity (Wildman–Crippen MR) is 107 cm³/mol. The second-order valence-corrected chi connectivity index (χ2v) is 7.57. The van der Waals surface area contributed by atoms with E-state index in [0.717, 1.165) is 23.0 Å². The number of ether oxygens (including phenoxy) is 1. The molecule has 1 aliphatic heterocycles. The fourth-order valence-corrected chi connectivity index (χ4v) is 3.83. The second kappa shape index (κ2) is 7.28. The summed E-state index contributed by atoms with van der Waals surface area (Å²) in [5.74, 6) is -0.282. The fraction of sp³-hybridized carbons (Fsp3) is 0.364. The van der Waals surface area contributed by atoms with Gasteiger partial charge in [0.1, 0.15) is 5.75 Å². The van der Waals surface area contributed by atoms with Crippen molar-refractivity contribution in [3.63, 3.8) is 0 Å². The summed E-state index contributed by atoms with van der Waals surface area (Å²) in [5, 5.41) is 16.4. The van der Waals surface area contributed by atoms with Crippen molar-refractivity contribution in [1.82, 2.24) is 14.7 Å². The maximum atomic E-state index is 12.1. The number of aryl methyl sites for hydroxylation is 1. The third-order valence-corrected chi connectivity index (χ3v) is 5.82. The average molecular weight is 379 g/mol. The molecule has 0 amide bonds. The van der Waals surface area contributed by atoms with E-state index in [2.05, 4.69) is 16.9 Å². The summed E-state index contributed by atoms with van der Waals surface area (Å²) in [6, 6.07) is 13.8. The number of nitrogens with zero attached hydrogens (tertiary/aromatic N) is 3.